The summed E-state index contributed by atoms with van der Waals surface area (Å²) in [6.07, 6.45) is -0.580. The number of nitrogen functional groups attached to an aromatic ring is 1. The Kier molecular flexibility index (Phi) is 4.01. The molecular weight excluding hydrogens is 222 g/mol. The SMILES string of the molecule is CC(C)C(c1ccc([N+](=O)[O-])c(N)n1)C(C)O. The minimum absolute atomic E-state index is 0.112. The van der Waals surface area contributed by atoms with Crippen molar-refractivity contribution in [3.8, 4) is 0 Å². The summed E-state index contributed by atoms with van der Waals surface area (Å²) in [5, 5.41) is 20.3. The van der Waals surface area contributed by atoms with E-state index >= 15 is 0 Å². The van der Waals surface area contributed by atoms with Crippen molar-refractivity contribution in [2.45, 2.75) is 32.8 Å². The molecule has 1 aromatic heterocycles. The molecule has 0 bridgehead atoms. The maximum Gasteiger partial charge on any atom is 0.311 e. The summed E-state index contributed by atoms with van der Waals surface area (Å²) in [4.78, 5) is 14.0. The molecule has 0 amide bonds. The fraction of sp³-hybridized carbons (Fsp3) is 0.545. The lowest BCUT2D eigenvalue weighted by Crippen LogP contribution is -2.21. The van der Waals surface area contributed by atoms with E-state index in [2.05, 4.69) is 4.98 Å². The Labute approximate surface area is 99.6 Å². The normalized spacial score (nSPS) is 14.6. The van der Waals surface area contributed by atoms with Crippen LogP contribution in [0.2, 0.25) is 0 Å². The lowest BCUT2D eigenvalue weighted by Gasteiger charge is -2.23. The zero-order valence-corrected chi connectivity index (χ0v) is 10.1. The van der Waals surface area contributed by atoms with Crippen LogP contribution < -0.4 is 5.73 Å². The molecule has 0 fully saturated rings. The van der Waals surface area contributed by atoms with Gasteiger partial charge in [-0.1, -0.05) is 13.8 Å². The van der Waals surface area contributed by atoms with Gasteiger partial charge in [0.2, 0.25) is 5.82 Å². The van der Waals surface area contributed by atoms with Gasteiger partial charge in [-0.25, -0.2) is 4.98 Å². The number of hydrogen-bond acceptors (Lipinski definition) is 5. The third-order valence-corrected chi connectivity index (χ3v) is 2.70. The molecule has 1 rings (SSSR count). The van der Waals surface area contributed by atoms with Gasteiger partial charge in [-0.15, -0.1) is 0 Å². The first-order chi connectivity index (χ1) is 7.84. The fourth-order valence-corrected chi connectivity index (χ4v) is 1.97. The highest BCUT2D eigenvalue weighted by Gasteiger charge is 2.24. The van der Waals surface area contributed by atoms with Crippen molar-refractivity contribution in [1.29, 1.82) is 0 Å². The van der Waals surface area contributed by atoms with Gasteiger partial charge >= 0.3 is 5.69 Å². The number of nitrogens with zero attached hydrogens (tertiary/aromatic N) is 2. The highest BCUT2D eigenvalue weighted by Crippen LogP contribution is 2.29. The van der Waals surface area contributed by atoms with Gasteiger partial charge in [0.05, 0.1) is 11.0 Å². The molecule has 94 valence electrons. The number of aliphatic hydroxyl groups excluding tert-OH is 1. The summed E-state index contributed by atoms with van der Waals surface area (Å²) < 4.78 is 0. The van der Waals surface area contributed by atoms with Crippen molar-refractivity contribution in [2.24, 2.45) is 5.92 Å². The van der Waals surface area contributed by atoms with E-state index in [4.69, 9.17) is 5.73 Å². The van der Waals surface area contributed by atoms with Crippen molar-refractivity contribution in [3.63, 3.8) is 0 Å². The van der Waals surface area contributed by atoms with Crippen LogP contribution in [0.15, 0.2) is 12.1 Å². The third kappa shape index (κ3) is 2.91. The van der Waals surface area contributed by atoms with Crippen LogP contribution >= 0.6 is 0 Å². The zero-order valence-electron chi connectivity index (χ0n) is 10.1. The number of pyridine rings is 1. The molecule has 1 heterocycles. The summed E-state index contributed by atoms with van der Waals surface area (Å²) in [5.41, 5.74) is 5.90. The fourth-order valence-electron chi connectivity index (χ4n) is 1.97. The molecule has 1 aromatic rings. The number of anilines is 1. The molecule has 0 saturated heterocycles. The van der Waals surface area contributed by atoms with E-state index in [1.165, 1.54) is 6.07 Å². The zero-order chi connectivity index (χ0) is 13.2. The van der Waals surface area contributed by atoms with Gasteiger partial charge in [0.25, 0.3) is 0 Å². The van der Waals surface area contributed by atoms with Gasteiger partial charge in [-0.3, -0.25) is 10.1 Å². The van der Waals surface area contributed by atoms with Gasteiger partial charge in [0, 0.05) is 17.7 Å². The molecule has 0 aliphatic rings. The van der Waals surface area contributed by atoms with Crippen molar-refractivity contribution in [3.05, 3.63) is 27.9 Å². The molecule has 17 heavy (non-hydrogen) atoms. The number of aromatic nitrogens is 1. The first-order valence-electron chi connectivity index (χ1n) is 5.43. The van der Waals surface area contributed by atoms with Crippen molar-refractivity contribution in [1.82, 2.24) is 4.98 Å². The lowest BCUT2D eigenvalue weighted by atomic mass is 9.87. The van der Waals surface area contributed by atoms with Crippen LogP contribution in [-0.2, 0) is 0 Å². The second kappa shape index (κ2) is 5.09. The minimum atomic E-state index is -0.580. The number of nitro groups is 1. The van der Waals surface area contributed by atoms with Crippen LogP contribution in [-0.4, -0.2) is 21.1 Å². The van der Waals surface area contributed by atoms with Crippen LogP contribution in [0.4, 0.5) is 11.5 Å². The number of hydrogen-bond donors (Lipinski definition) is 2. The van der Waals surface area contributed by atoms with Crippen LogP contribution in [0.3, 0.4) is 0 Å². The first kappa shape index (κ1) is 13.4. The molecular formula is C11H17N3O3. The molecule has 0 aromatic carbocycles. The Bertz CT molecular complexity index is 410. The maximum atomic E-state index is 10.6. The van der Waals surface area contributed by atoms with Gasteiger partial charge in [0.1, 0.15) is 0 Å². The van der Waals surface area contributed by atoms with E-state index in [1.807, 2.05) is 13.8 Å². The predicted molar refractivity (Wildman–Crippen MR) is 64.6 cm³/mol. The van der Waals surface area contributed by atoms with Gasteiger partial charge < -0.3 is 10.8 Å². The van der Waals surface area contributed by atoms with Crippen molar-refractivity contribution < 1.29 is 10.0 Å². The average Bonchev–Trinajstić information content (AvgIpc) is 2.15. The Hall–Kier alpha value is -1.69. The van der Waals surface area contributed by atoms with Crippen molar-refractivity contribution >= 4 is 11.5 Å². The molecule has 0 radical (unpaired) electrons. The molecule has 3 N–H and O–H groups in total. The molecule has 2 atom stereocenters. The van der Waals surface area contributed by atoms with Gasteiger partial charge in [0.15, 0.2) is 0 Å². The van der Waals surface area contributed by atoms with Crippen LogP contribution in [0.25, 0.3) is 0 Å². The van der Waals surface area contributed by atoms with E-state index in [0.717, 1.165) is 0 Å². The topological polar surface area (TPSA) is 102 Å². The summed E-state index contributed by atoms with van der Waals surface area (Å²) in [5.74, 6) is -0.125. The molecule has 6 nitrogen and oxygen atoms in total. The number of nitrogens with two attached hydrogens (primary N) is 1. The van der Waals surface area contributed by atoms with E-state index in [9.17, 15) is 15.2 Å². The number of rotatable bonds is 4. The molecule has 6 heteroatoms. The monoisotopic (exact) mass is 239 g/mol. The third-order valence-electron chi connectivity index (χ3n) is 2.70. The molecule has 0 aliphatic carbocycles. The second-order valence-electron chi connectivity index (χ2n) is 4.41. The number of aliphatic hydroxyl groups is 1. The van der Waals surface area contributed by atoms with E-state index in [0.29, 0.717) is 5.69 Å². The lowest BCUT2D eigenvalue weighted by molar-refractivity contribution is -0.384. The highest BCUT2D eigenvalue weighted by molar-refractivity contribution is 5.52. The average molecular weight is 239 g/mol. The summed E-state index contributed by atoms with van der Waals surface area (Å²) in [7, 11) is 0. The Balaban J connectivity index is 3.15. The summed E-state index contributed by atoms with van der Waals surface area (Å²) in [6, 6.07) is 2.88. The minimum Gasteiger partial charge on any atom is -0.393 e. The quantitative estimate of drug-likeness (QED) is 0.614. The van der Waals surface area contributed by atoms with E-state index in [1.54, 1.807) is 13.0 Å². The molecule has 0 spiro atoms. The molecule has 0 aliphatic heterocycles. The Morgan fingerprint density at radius 2 is 2.00 bits per heavy atom. The summed E-state index contributed by atoms with van der Waals surface area (Å²) >= 11 is 0. The van der Waals surface area contributed by atoms with E-state index in [-0.39, 0.29) is 23.3 Å². The van der Waals surface area contributed by atoms with E-state index < -0.39 is 11.0 Å². The first-order valence-corrected chi connectivity index (χ1v) is 5.43. The molecule has 0 saturated carbocycles. The van der Waals surface area contributed by atoms with Crippen LogP contribution in [0.1, 0.15) is 32.4 Å². The highest BCUT2D eigenvalue weighted by atomic mass is 16.6. The Morgan fingerprint density at radius 3 is 2.35 bits per heavy atom. The predicted octanol–water partition coefficient (Wildman–Crippen LogP) is 1.69. The maximum absolute atomic E-state index is 10.6. The van der Waals surface area contributed by atoms with Crippen LogP contribution in [0, 0.1) is 16.0 Å². The van der Waals surface area contributed by atoms with Crippen LogP contribution in [0.5, 0.6) is 0 Å². The molecule has 2 unspecified atom stereocenters. The van der Waals surface area contributed by atoms with Crippen molar-refractivity contribution in [2.75, 3.05) is 5.73 Å². The standard InChI is InChI=1S/C11H17N3O3/c1-6(2)10(7(3)15)8-4-5-9(14(16)17)11(12)13-8/h4-7,10,15H,1-3H3,(H2,12,13). The van der Waals surface area contributed by atoms with Gasteiger partial charge in [-0.05, 0) is 18.9 Å². The summed E-state index contributed by atoms with van der Waals surface area (Å²) in [6.45, 7) is 5.58. The largest absolute Gasteiger partial charge is 0.393 e. The smallest absolute Gasteiger partial charge is 0.311 e. The Morgan fingerprint density at radius 1 is 1.41 bits per heavy atom. The van der Waals surface area contributed by atoms with Gasteiger partial charge in [-0.2, -0.15) is 0 Å². The second-order valence-corrected chi connectivity index (χ2v) is 4.41.